The van der Waals surface area contributed by atoms with Crippen molar-refractivity contribution in [1.29, 1.82) is 5.26 Å². The summed E-state index contributed by atoms with van der Waals surface area (Å²) in [7, 11) is 1.81. The average molecular weight is 557 g/mol. The SMILES string of the molecule is CCc1c(CN(C)CC(=O)O)cccc1-c1cnc(-c2ccc(CC(C)C)c(C#N)c2)nc1.O=C(O)C(F)(F)F. The van der Waals surface area contributed by atoms with Crippen LogP contribution in [0.3, 0.4) is 0 Å². The first kappa shape index (κ1) is 31.9. The number of hydrogen-bond acceptors (Lipinski definition) is 6. The van der Waals surface area contributed by atoms with Gasteiger partial charge in [-0.15, -0.1) is 0 Å². The van der Waals surface area contributed by atoms with Crippen LogP contribution < -0.4 is 0 Å². The summed E-state index contributed by atoms with van der Waals surface area (Å²) >= 11 is 0. The van der Waals surface area contributed by atoms with Crippen LogP contribution in [0.4, 0.5) is 13.2 Å². The van der Waals surface area contributed by atoms with E-state index in [1.54, 1.807) is 11.9 Å². The molecule has 0 bridgehead atoms. The molecule has 0 saturated heterocycles. The standard InChI is InChI=1S/C27H30N4O2.C2HF3O2/c1-5-24-21(16-31(4)17-26(32)33)7-6-8-25(24)23-14-29-27(30-15-23)20-10-9-19(11-18(2)3)22(12-20)13-28;3-2(4,5)1(6)7/h6-10,12,14-15,18H,5,11,16-17H2,1-4H3,(H,32,33);(H,6,7). The molecule has 0 aliphatic heterocycles. The van der Waals surface area contributed by atoms with Crippen LogP contribution >= 0.6 is 0 Å². The molecular weight excluding hydrogens is 525 g/mol. The number of rotatable bonds is 9. The van der Waals surface area contributed by atoms with Gasteiger partial charge in [0.05, 0.1) is 18.2 Å². The predicted octanol–water partition coefficient (Wildman–Crippen LogP) is 5.59. The normalized spacial score (nSPS) is 11.1. The number of carbonyl (C=O) groups is 2. The number of carboxylic acid groups (broad SMARTS) is 2. The zero-order valence-electron chi connectivity index (χ0n) is 22.7. The van der Waals surface area contributed by atoms with Gasteiger partial charge >= 0.3 is 18.1 Å². The van der Waals surface area contributed by atoms with E-state index in [2.05, 4.69) is 36.8 Å². The van der Waals surface area contributed by atoms with Gasteiger partial charge in [0.25, 0.3) is 0 Å². The zero-order valence-corrected chi connectivity index (χ0v) is 22.7. The van der Waals surface area contributed by atoms with E-state index in [-0.39, 0.29) is 6.54 Å². The Kier molecular flexibility index (Phi) is 11.3. The van der Waals surface area contributed by atoms with Gasteiger partial charge in [-0.1, -0.05) is 51.1 Å². The summed E-state index contributed by atoms with van der Waals surface area (Å²) in [5, 5.41) is 25.7. The van der Waals surface area contributed by atoms with Crippen LogP contribution in [-0.4, -0.2) is 56.8 Å². The Morgan fingerprint density at radius 1 is 1.05 bits per heavy atom. The number of hydrogen-bond donors (Lipinski definition) is 2. The molecule has 3 rings (SSSR count). The Balaban J connectivity index is 0.000000708. The quantitative estimate of drug-likeness (QED) is 0.349. The zero-order chi connectivity index (χ0) is 30.0. The highest BCUT2D eigenvalue weighted by Gasteiger charge is 2.38. The largest absolute Gasteiger partial charge is 0.490 e. The highest BCUT2D eigenvalue weighted by molar-refractivity contribution is 5.73. The Morgan fingerprint density at radius 3 is 2.17 bits per heavy atom. The van der Waals surface area contributed by atoms with Gasteiger partial charge in [-0.2, -0.15) is 18.4 Å². The Labute approximate surface area is 230 Å². The maximum Gasteiger partial charge on any atom is 0.490 e. The first-order chi connectivity index (χ1) is 18.8. The second-order valence-corrected chi connectivity index (χ2v) is 9.54. The van der Waals surface area contributed by atoms with Gasteiger partial charge in [0.1, 0.15) is 0 Å². The first-order valence-electron chi connectivity index (χ1n) is 12.4. The lowest BCUT2D eigenvalue weighted by molar-refractivity contribution is -0.192. The Bertz CT molecular complexity index is 1370. The second-order valence-electron chi connectivity index (χ2n) is 9.54. The van der Waals surface area contributed by atoms with E-state index in [9.17, 15) is 23.2 Å². The highest BCUT2D eigenvalue weighted by atomic mass is 19.4. The molecule has 2 aromatic carbocycles. The molecule has 212 valence electrons. The van der Waals surface area contributed by atoms with Crippen molar-refractivity contribution in [3.63, 3.8) is 0 Å². The van der Waals surface area contributed by atoms with Crippen LogP contribution in [0.25, 0.3) is 22.5 Å². The van der Waals surface area contributed by atoms with Gasteiger partial charge in [-0.25, -0.2) is 14.8 Å². The molecule has 0 saturated carbocycles. The van der Waals surface area contributed by atoms with E-state index in [0.717, 1.165) is 46.2 Å². The molecule has 1 aromatic heterocycles. The van der Waals surface area contributed by atoms with Crippen molar-refractivity contribution < 1.29 is 33.0 Å². The van der Waals surface area contributed by atoms with Gasteiger partial charge in [-0.05, 0) is 54.1 Å². The second kappa shape index (κ2) is 14.2. The van der Waals surface area contributed by atoms with Crippen LogP contribution in [0, 0.1) is 17.2 Å². The van der Waals surface area contributed by atoms with Crippen LogP contribution in [0.15, 0.2) is 48.8 Å². The summed E-state index contributed by atoms with van der Waals surface area (Å²) in [6.45, 7) is 6.92. The lowest BCUT2D eigenvalue weighted by Crippen LogP contribution is -2.25. The number of halogens is 3. The van der Waals surface area contributed by atoms with Crippen molar-refractivity contribution in [2.75, 3.05) is 13.6 Å². The molecule has 11 heteroatoms. The number of aromatic nitrogens is 2. The van der Waals surface area contributed by atoms with Gasteiger partial charge in [-0.3, -0.25) is 9.69 Å². The van der Waals surface area contributed by atoms with Crippen molar-refractivity contribution in [2.45, 2.75) is 46.3 Å². The summed E-state index contributed by atoms with van der Waals surface area (Å²) in [5.74, 6) is -2.53. The van der Waals surface area contributed by atoms with Crippen molar-refractivity contribution in [3.05, 3.63) is 71.0 Å². The smallest absolute Gasteiger partial charge is 0.480 e. The van der Waals surface area contributed by atoms with Crippen LogP contribution in [0.2, 0.25) is 0 Å². The van der Waals surface area contributed by atoms with Crippen molar-refractivity contribution in [3.8, 4) is 28.6 Å². The fraction of sp³-hybridized carbons (Fsp3) is 0.345. The Morgan fingerprint density at radius 2 is 1.68 bits per heavy atom. The lowest BCUT2D eigenvalue weighted by atomic mass is 9.94. The van der Waals surface area contributed by atoms with Gasteiger partial charge < -0.3 is 10.2 Å². The van der Waals surface area contributed by atoms with Crippen molar-refractivity contribution >= 4 is 11.9 Å². The molecule has 0 atom stereocenters. The van der Waals surface area contributed by atoms with E-state index in [0.29, 0.717) is 23.9 Å². The first-order valence-corrected chi connectivity index (χ1v) is 12.4. The number of aliphatic carboxylic acids is 2. The van der Waals surface area contributed by atoms with Crippen LogP contribution in [0.1, 0.15) is 43.0 Å². The maximum absolute atomic E-state index is 11.0. The molecule has 1 heterocycles. The van der Waals surface area contributed by atoms with Gasteiger partial charge in [0.2, 0.25) is 0 Å². The summed E-state index contributed by atoms with van der Waals surface area (Å²) < 4.78 is 31.7. The summed E-state index contributed by atoms with van der Waals surface area (Å²) in [4.78, 5) is 30.9. The minimum atomic E-state index is -5.08. The van der Waals surface area contributed by atoms with E-state index >= 15 is 0 Å². The van der Waals surface area contributed by atoms with Crippen molar-refractivity contribution in [2.24, 2.45) is 5.92 Å². The number of likely N-dealkylation sites (N-methyl/N-ethyl adjacent to an activating group) is 1. The fourth-order valence-electron chi connectivity index (χ4n) is 4.10. The van der Waals surface area contributed by atoms with E-state index in [1.165, 1.54) is 0 Å². The third kappa shape index (κ3) is 9.17. The number of alkyl halides is 3. The number of nitriles is 1. The minimum Gasteiger partial charge on any atom is -0.480 e. The van der Waals surface area contributed by atoms with Crippen molar-refractivity contribution in [1.82, 2.24) is 14.9 Å². The molecule has 0 aliphatic rings. The minimum absolute atomic E-state index is 0.00810. The lowest BCUT2D eigenvalue weighted by Gasteiger charge is -2.19. The molecule has 3 aromatic rings. The van der Waals surface area contributed by atoms with Crippen LogP contribution in [-0.2, 0) is 29.0 Å². The molecule has 0 unspecified atom stereocenters. The van der Waals surface area contributed by atoms with E-state index in [1.807, 2.05) is 48.8 Å². The topological polar surface area (TPSA) is 127 Å². The molecule has 8 nitrogen and oxygen atoms in total. The molecular formula is C29H31F3N4O4. The molecule has 0 aliphatic carbocycles. The van der Waals surface area contributed by atoms with Gasteiger partial charge in [0, 0.05) is 30.1 Å². The monoisotopic (exact) mass is 556 g/mol. The molecule has 0 radical (unpaired) electrons. The molecule has 2 N–H and O–H groups in total. The third-order valence-electron chi connectivity index (χ3n) is 5.79. The number of benzene rings is 2. The highest BCUT2D eigenvalue weighted by Crippen LogP contribution is 2.28. The summed E-state index contributed by atoms with van der Waals surface area (Å²) in [6, 6.07) is 14.2. The Hall–Kier alpha value is -4.30. The van der Waals surface area contributed by atoms with E-state index in [4.69, 9.17) is 15.0 Å². The molecule has 0 amide bonds. The molecule has 0 fully saturated rings. The maximum atomic E-state index is 11.0. The molecule has 40 heavy (non-hydrogen) atoms. The number of nitrogens with zero attached hydrogens (tertiary/aromatic N) is 4. The predicted molar refractivity (Wildman–Crippen MR) is 143 cm³/mol. The average Bonchev–Trinajstić information content (AvgIpc) is 2.88. The van der Waals surface area contributed by atoms with Crippen LogP contribution in [0.5, 0.6) is 0 Å². The van der Waals surface area contributed by atoms with E-state index < -0.39 is 18.1 Å². The van der Waals surface area contributed by atoms with Gasteiger partial charge in [0.15, 0.2) is 5.82 Å². The fourth-order valence-corrected chi connectivity index (χ4v) is 4.10. The summed E-state index contributed by atoms with van der Waals surface area (Å²) in [6.07, 6.45) is 0.225. The third-order valence-corrected chi connectivity index (χ3v) is 5.79. The number of carboxylic acids is 2. The summed E-state index contributed by atoms with van der Waals surface area (Å²) in [5.41, 5.74) is 6.76. The molecule has 0 spiro atoms.